The topological polar surface area (TPSA) is 175 Å². The largest absolute Gasteiger partial charge is 0.453 e. The van der Waals surface area contributed by atoms with Crippen LogP contribution < -0.4 is 10.6 Å². The summed E-state index contributed by atoms with van der Waals surface area (Å²) in [6.07, 6.45) is -1.41. The molecular formula is C45H52F2N8O6Si. The van der Waals surface area contributed by atoms with Crippen LogP contribution in [0.1, 0.15) is 57.8 Å². The minimum Gasteiger partial charge on any atom is -0.453 e. The molecule has 4 amide bonds. The quantitative estimate of drug-likeness (QED) is 0.105. The zero-order valence-electron chi connectivity index (χ0n) is 36.1. The van der Waals surface area contributed by atoms with E-state index in [2.05, 4.69) is 68.8 Å². The third-order valence-corrected chi connectivity index (χ3v) is 15.0. The van der Waals surface area contributed by atoms with Crippen molar-refractivity contribution in [1.29, 1.82) is 0 Å². The number of rotatable bonds is 9. The summed E-state index contributed by atoms with van der Waals surface area (Å²) >= 11 is 0. The average Bonchev–Trinajstić information content (AvgIpc) is 4.02. The highest BCUT2D eigenvalue weighted by atomic mass is 28.3. The number of aromatic nitrogens is 4. The lowest BCUT2D eigenvalue weighted by atomic mass is 9.98. The lowest BCUT2D eigenvalue weighted by molar-refractivity contribution is -0.137. The number of H-pyrrole nitrogens is 2. The normalized spacial score (nSPS) is 19.5. The molecule has 4 heterocycles. The van der Waals surface area contributed by atoms with Crippen LogP contribution in [0.15, 0.2) is 60.7 Å². The van der Waals surface area contributed by atoms with E-state index in [-0.39, 0.29) is 29.6 Å². The number of aromatic amines is 2. The van der Waals surface area contributed by atoms with Gasteiger partial charge in [-0.1, -0.05) is 77.2 Å². The van der Waals surface area contributed by atoms with E-state index < -0.39 is 63.2 Å². The van der Waals surface area contributed by atoms with Gasteiger partial charge in [-0.3, -0.25) is 9.59 Å². The molecule has 326 valence electrons. The van der Waals surface area contributed by atoms with Crippen LogP contribution >= 0.6 is 0 Å². The van der Waals surface area contributed by atoms with E-state index in [1.165, 1.54) is 14.2 Å². The van der Waals surface area contributed by atoms with E-state index >= 15 is 8.78 Å². The minimum absolute atomic E-state index is 0.143. The molecular weight excluding hydrogens is 815 g/mol. The number of amides is 4. The first-order valence-corrected chi connectivity index (χ1v) is 24.3. The van der Waals surface area contributed by atoms with Crippen LogP contribution in [0.4, 0.5) is 18.4 Å². The number of carbonyl (C=O) groups excluding carboxylic acids is 4. The van der Waals surface area contributed by atoms with Gasteiger partial charge in [-0.2, -0.15) is 0 Å². The monoisotopic (exact) mass is 866 g/mol. The molecule has 2 saturated heterocycles. The molecule has 0 saturated carbocycles. The van der Waals surface area contributed by atoms with E-state index in [1.807, 2.05) is 49.1 Å². The van der Waals surface area contributed by atoms with Gasteiger partial charge in [-0.15, -0.1) is 0 Å². The van der Waals surface area contributed by atoms with Crippen molar-refractivity contribution in [3.8, 4) is 11.1 Å². The Morgan fingerprint density at radius 3 is 1.66 bits per heavy atom. The fourth-order valence-corrected chi connectivity index (χ4v) is 12.0. The van der Waals surface area contributed by atoms with Gasteiger partial charge >= 0.3 is 12.2 Å². The van der Waals surface area contributed by atoms with Crippen molar-refractivity contribution in [3.05, 3.63) is 72.3 Å². The van der Waals surface area contributed by atoms with Crippen molar-refractivity contribution in [1.82, 2.24) is 40.4 Å². The van der Waals surface area contributed by atoms with Gasteiger partial charge in [-0.05, 0) is 64.0 Å². The maximum atomic E-state index is 15.0. The van der Waals surface area contributed by atoms with Crippen molar-refractivity contribution >= 4 is 75.7 Å². The van der Waals surface area contributed by atoms with Gasteiger partial charge in [0.2, 0.25) is 11.8 Å². The Hall–Kier alpha value is -6.10. The second kappa shape index (κ2) is 16.0. The molecule has 17 heteroatoms. The maximum Gasteiger partial charge on any atom is 0.407 e. The number of alkyl halides is 2. The van der Waals surface area contributed by atoms with Crippen molar-refractivity contribution in [2.75, 3.05) is 26.9 Å². The summed E-state index contributed by atoms with van der Waals surface area (Å²) in [5.74, 6) is -3.47. The molecule has 14 nitrogen and oxygen atoms in total. The number of carbonyl (C=O) groups is 4. The van der Waals surface area contributed by atoms with E-state index in [4.69, 9.17) is 14.7 Å². The van der Waals surface area contributed by atoms with Crippen LogP contribution in [0.2, 0.25) is 19.1 Å². The SMILES string of the molecule is COC(=O)N[C@H](C(=O)N1CC(F)(F)CC1c1nc2c(ccc3cc(-c4ccc5c(ccc6[nH]c([C@@H]7C[Si](C)(C)CN7C(=O)[C@@H](NC(=O)OC)C(C)C)nc65)c4)ccc32)[nH]1)C(C)C. The van der Waals surface area contributed by atoms with Crippen molar-refractivity contribution in [3.63, 3.8) is 0 Å². The number of alkyl carbamates (subject to hydrolysis) is 2. The minimum atomic E-state index is -3.15. The Morgan fingerprint density at radius 2 is 1.19 bits per heavy atom. The van der Waals surface area contributed by atoms with Crippen molar-refractivity contribution in [2.24, 2.45) is 11.8 Å². The van der Waals surface area contributed by atoms with Crippen molar-refractivity contribution in [2.45, 2.75) is 83.3 Å². The number of likely N-dealkylation sites (tertiary alicyclic amines) is 1. The zero-order valence-corrected chi connectivity index (χ0v) is 37.1. The molecule has 2 aromatic heterocycles. The first-order chi connectivity index (χ1) is 29.4. The number of imidazole rings is 2. The van der Waals surface area contributed by atoms with Crippen LogP contribution in [0, 0.1) is 11.8 Å². The second-order valence-electron chi connectivity index (χ2n) is 18.1. The van der Waals surface area contributed by atoms with Gasteiger partial charge in [0.25, 0.3) is 5.92 Å². The molecule has 0 spiro atoms. The molecule has 2 aliphatic heterocycles. The van der Waals surface area contributed by atoms with Gasteiger partial charge in [0, 0.05) is 23.4 Å². The molecule has 1 unspecified atom stereocenters. The van der Waals surface area contributed by atoms with Gasteiger partial charge < -0.3 is 39.9 Å². The van der Waals surface area contributed by atoms with E-state index in [9.17, 15) is 19.2 Å². The van der Waals surface area contributed by atoms with Crippen molar-refractivity contribution < 1.29 is 37.4 Å². The van der Waals surface area contributed by atoms with Gasteiger partial charge in [0.15, 0.2) is 0 Å². The Kier molecular flexibility index (Phi) is 11.0. The van der Waals surface area contributed by atoms with Gasteiger partial charge in [0.1, 0.15) is 23.7 Å². The zero-order chi connectivity index (χ0) is 44.4. The summed E-state index contributed by atoms with van der Waals surface area (Å²) in [6, 6.07) is 17.9. The summed E-state index contributed by atoms with van der Waals surface area (Å²) in [7, 11) is 0.651. The van der Waals surface area contributed by atoms with Crippen LogP contribution in [-0.2, 0) is 19.1 Å². The Balaban J connectivity index is 1.08. The Morgan fingerprint density at radius 1 is 0.726 bits per heavy atom. The third-order valence-electron chi connectivity index (χ3n) is 12.3. The molecule has 0 aliphatic carbocycles. The number of fused-ring (bicyclic) bond motifs is 6. The van der Waals surface area contributed by atoms with Crippen LogP contribution in [-0.4, -0.2) is 107 Å². The summed E-state index contributed by atoms with van der Waals surface area (Å²) in [6.45, 7) is 11.0. The number of hydrogen-bond donors (Lipinski definition) is 4. The number of nitrogens with one attached hydrogen (secondary N) is 4. The number of hydrogen-bond acceptors (Lipinski definition) is 8. The summed E-state index contributed by atoms with van der Waals surface area (Å²) in [5, 5.41) is 8.92. The molecule has 4 aromatic carbocycles. The van der Waals surface area contributed by atoms with Crippen LogP contribution in [0.25, 0.3) is 54.7 Å². The molecule has 6 aromatic rings. The molecule has 2 aliphatic rings. The first-order valence-electron chi connectivity index (χ1n) is 20.9. The lowest BCUT2D eigenvalue weighted by Crippen LogP contribution is -2.52. The van der Waals surface area contributed by atoms with Crippen LogP contribution in [0.3, 0.4) is 0 Å². The second-order valence-corrected chi connectivity index (χ2v) is 23.2. The Bertz CT molecular complexity index is 2570. The molecule has 4 N–H and O–H groups in total. The number of ether oxygens (including phenoxy) is 2. The highest BCUT2D eigenvalue weighted by Crippen LogP contribution is 2.43. The standard InChI is InChI=1S/C45H52F2N8O6Si/c1-23(2)35(52-43(58)60-5)41(56)54-21-45(46,47)19-33(54)39-48-31-15-11-27-17-25(9-13-29(27)37(31)50-39)26-10-14-30-28(18-26)12-16-32-38(30)51-40(49-32)34-20-62(7,8)22-55(34)42(57)36(24(3)4)53-44(59)61-6/h9-18,23-24,33-36H,19-22H2,1-8H3,(H,48,50)(H,49,51)(H,52,58)(H,53,59)/t33?,34-,35-,36-/m0/s1. The van der Waals surface area contributed by atoms with Gasteiger partial charge in [-0.25, -0.2) is 28.3 Å². The number of benzene rings is 4. The summed E-state index contributed by atoms with van der Waals surface area (Å²) < 4.78 is 39.5. The molecule has 2 fully saturated rings. The molecule has 62 heavy (non-hydrogen) atoms. The fraction of sp³-hybridized carbons (Fsp3) is 0.422. The molecule has 0 radical (unpaired) electrons. The lowest BCUT2D eigenvalue weighted by Gasteiger charge is -2.30. The van der Waals surface area contributed by atoms with E-state index in [0.717, 1.165) is 60.5 Å². The van der Waals surface area contributed by atoms with Crippen LogP contribution in [0.5, 0.6) is 0 Å². The predicted molar refractivity (Wildman–Crippen MR) is 235 cm³/mol. The molecule has 4 atom stereocenters. The van der Waals surface area contributed by atoms with E-state index in [1.54, 1.807) is 13.8 Å². The highest BCUT2D eigenvalue weighted by Gasteiger charge is 2.51. The average molecular weight is 867 g/mol. The number of nitrogens with zero attached hydrogens (tertiary/aromatic N) is 4. The Labute approximate surface area is 358 Å². The first kappa shape index (κ1) is 42.6. The third kappa shape index (κ3) is 7.93. The molecule has 8 rings (SSSR count). The predicted octanol–water partition coefficient (Wildman–Crippen LogP) is 8.21. The highest BCUT2D eigenvalue weighted by molar-refractivity contribution is 6.78. The summed E-state index contributed by atoms with van der Waals surface area (Å²) in [4.78, 5) is 71.6. The number of halogens is 2. The maximum absolute atomic E-state index is 15.0. The smallest absolute Gasteiger partial charge is 0.407 e. The summed E-state index contributed by atoms with van der Waals surface area (Å²) in [5.41, 5.74) is 4.88. The van der Waals surface area contributed by atoms with E-state index in [0.29, 0.717) is 17.2 Å². The fourth-order valence-electron chi connectivity index (χ4n) is 9.11. The van der Waals surface area contributed by atoms with Gasteiger partial charge in [0.05, 0.1) is 63.0 Å². The molecule has 0 bridgehead atoms. The number of methoxy groups -OCH3 is 2.